The van der Waals surface area contributed by atoms with Gasteiger partial charge in [-0.15, -0.1) is 0 Å². The molecule has 0 atom stereocenters. The highest BCUT2D eigenvalue weighted by Gasteiger charge is 2.46. The van der Waals surface area contributed by atoms with E-state index in [0.29, 0.717) is 0 Å². The van der Waals surface area contributed by atoms with Crippen LogP contribution in [0.4, 0.5) is 79.0 Å². The van der Waals surface area contributed by atoms with Gasteiger partial charge in [0.2, 0.25) is 0 Å². The third-order valence-corrected chi connectivity index (χ3v) is 9.42. The van der Waals surface area contributed by atoms with Gasteiger partial charge in [0, 0.05) is 0 Å². The molecule has 0 saturated heterocycles. The lowest BCUT2D eigenvalue weighted by atomic mass is 10.1. The predicted molar refractivity (Wildman–Crippen MR) is 180 cm³/mol. The molecule has 12 nitrogen and oxygen atoms in total. The standard InChI is InChI=1S/C36H12F18N12/c37-31(38,39)13-1-19-20(2-14(13)32(40,41)42)59-25(58-19)10(7-55)28-64-29(11(8-56)26-60-21-3-15(33(43,44)45)16(34(46,47)48)4-22(21)61-26)66-30(65-28)12(9-57)27-62-23-5-17(35(49,50)51)18(36(52,53)54)6-24(23)63-27/h1-6,10-12H,(H,58,59)(H,60,61)(H,62,63). The maximum absolute atomic E-state index is 13.7. The first kappa shape index (κ1) is 46.3. The number of rotatable bonds is 6. The summed E-state index contributed by atoms with van der Waals surface area (Å²) in [7, 11) is 0. The Kier molecular flexibility index (Phi) is 10.7. The van der Waals surface area contributed by atoms with Crippen molar-refractivity contribution in [3.63, 3.8) is 0 Å². The number of imidazole rings is 3. The van der Waals surface area contributed by atoms with Gasteiger partial charge in [0.1, 0.15) is 17.5 Å². The van der Waals surface area contributed by atoms with Gasteiger partial charge in [0.15, 0.2) is 35.2 Å². The number of fused-ring (bicyclic) bond motifs is 3. The van der Waals surface area contributed by atoms with Crippen LogP contribution in [0.1, 0.15) is 86.1 Å². The summed E-state index contributed by atoms with van der Waals surface area (Å²) in [6, 6.07) is 4.49. The van der Waals surface area contributed by atoms with Crippen LogP contribution in [0.5, 0.6) is 0 Å². The summed E-state index contributed by atoms with van der Waals surface area (Å²) < 4.78 is 247. The number of halogens is 18. The Hall–Kier alpha value is -7.71. The van der Waals surface area contributed by atoms with E-state index < -0.39 is 156 Å². The minimum atomic E-state index is -5.61. The maximum atomic E-state index is 13.7. The van der Waals surface area contributed by atoms with Crippen LogP contribution in [0, 0.1) is 34.0 Å². The minimum Gasteiger partial charge on any atom is -0.340 e. The van der Waals surface area contributed by atoms with Crippen LogP contribution in [0.15, 0.2) is 36.4 Å². The van der Waals surface area contributed by atoms with Crippen LogP contribution in [0.25, 0.3) is 33.1 Å². The number of H-pyrrole nitrogens is 3. The first-order chi connectivity index (χ1) is 30.3. The molecule has 7 rings (SSSR count). The minimum absolute atomic E-state index is 0.00325. The molecule has 7 aromatic rings. The predicted octanol–water partition coefficient (Wildman–Crippen LogP) is 10.6. The zero-order valence-electron chi connectivity index (χ0n) is 31.0. The normalized spacial score (nSPS) is 14.6. The van der Waals surface area contributed by atoms with Gasteiger partial charge >= 0.3 is 37.1 Å². The first-order valence-electron chi connectivity index (χ1n) is 17.3. The Labute approximate surface area is 350 Å². The fourth-order valence-corrected chi connectivity index (χ4v) is 6.58. The molecular weight excluding hydrogens is 942 g/mol. The second-order valence-electron chi connectivity index (χ2n) is 13.7. The van der Waals surface area contributed by atoms with Gasteiger partial charge < -0.3 is 15.0 Å². The third-order valence-electron chi connectivity index (χ3n) is 9.42. The summed E-state index contributed by atoms with van der Waals surface area (Å²) in [4.78, 5) is 29.6. The van der Waals surface area contributed by atoms with Crippen molar-refractivity contribution in [1.82, 2.24) is 44.9 Å². The van der Waals surface area contributed by atoms with Gasteiger partial charge in [0.25, 0.3) is 0 Å². The van der Waals surface area contributed by atoms with Crippen LogP contribution >= 0.6 is 0 Å². The quantitative estimate of drug-likeness (QED) is 0.136. The lowest BCUT2D eigenvalue weighted by Gasteiger charge is -2.15. The highest BCUT2D eigenvalue weighted by Crippen LogP contribution is 2.45. The molecule has 0 unspecified atom stereocenters. The van der Waals surface area contributed by atoms with Crippen LogP contribution in [-0.2, 0) is 37.1 Å². The van der Waals surface area contributed by atoms with E-state index in [1.807, 2.05) is 0 Å². The molecule has 342 valence electrons. The van der Waals surface area contributed by atoms with E-state index in [0.717, 1.165) is 0 Å². The van der Waals surface area contributed by atoms with Gasteiger partial charge in [-0.1, -0.05) is 0 Å². The summed E-state index contributed by atoms with van der Waals surface area (Å²) in [5.74, 6) is -12.0. The molecule has 0 amide bonds. The first-order valence-corrected chi connectivity index (χ1v) is 17.3. The molecule has 3 aromatic carbocycles. The molecule has 66 heavy (non-hydrogen) atoms. The number of nitrogens with zero attached hydrogens (tertiary/aromatic N) is 9. The van der Waals surface area contributed by atoms with Crippen LogP contribution in [0.2, 0.25) is 0 Å². The second-order valence-corrected chi connectivity index (χ2v) is 13.7. The molecule has 0 fully saturated rings. The average Bonchev–Trinajstić information content (AvgIpc) is 3.91. The summed E-state index contributed by atoms with van der Waals surface area (Å²) in [5.41, 5.74) is -18.0. The number of hydrogen-bond donors (Lipinski definition) is 3. The van der Waals surface area contributed by atoms with E-state index in [1.54, 1.807) is 0 Å². The van der Waals surface area contributed by atoms with Crippen molar-refractivity contribution in [2.45, 2.75) is 54.8 Å². The fraction of sp³-hybridized carbons (Fsp3) is 0.250. The topological polar surface area (TPSA) is 196 Å². The largest absolute Gasteiger partial charge is 0.417 e. The third kappa shape index (κ3) is 8.50. The van der Waals surface area contributed by atoms with E-state index in [4.69, 9.17) is 0 Å². The molecule has 4 heterocycles. The average molecular weight is 955 g/mol. The number of nitriles is 3. The van der Waals surface area contributed by atoms with Crippen LogP contribution in [0.3, 0.4) is 0 Å². The van der Waals surface area contributed by atoms with E-state index >= 15 is 0 Å². The number of aromatic amines is 3. The summed E-state index contributed by atoms with van der Waals surface area (Å²) in [6.45, 7) is 0. The number of benzene rings is 3. The van der Waals surface area contributed by atoms with Crippen molar-refractivity contribution in [3.8, 4) is 18.2 Å². The van der Waals surface area contributed by atoms with Gasteiger partial charge in [-0.3, -0.25) is 0 Å². The Bertz CT molecular complexity index is 2690. The summed E-state index contributed by atoms with van der Waals surface area (Å²) in [5, 5.41) is 30.9. The van der Waals surface area contributed by atoms with E-state index in [9.17, 15) is 94.8 Å². The van der Waals surface area contributed by atoms with Gasteiger partial charge in [-0.2, -0.15) is 94.8 Å². The highest BCUT2D eigenvalue weighted by atomic mass is 19.4. The van der Waals surface area contributed by atoms with Crippen molar-refractivity contribution in [3.05, 3.63) is 105 Å². The van der Waals surface area contributed by atoms with Crippen molar-refractivity contribution < 1.29 is 79.0 Å². The molecule has 0 radical (unpaired) electrons. The van der Waals surface area contributed by atoms with Crippen molar-refractivity contribution in [2.24, 2.45) is 0 Å². The SMILES string of the molecule is N#CC(c1nc(C(C#N)c2nc3cc(C(F)(F)F)c(C(F)(F)F)cc3[nH]2)nc(C(C#N)c2nc3cc(C(F)(F)F)c(C(F)(F)F)cc3[nH]2)n1)c1nc2cc(C(F)(F)F)c(C(F)(F)F)cc2[nH]1. The Balaban J connectivity index is 1.45. The smallest absolute Gasteiger partial charge is 0.340 e. The number of hydrogen-bond acceptors (Lipinski definition) is 9. The van der Waals surface area contributed by atoms with Gasteiger partial charge in [-0.25, -0.2) is 29.9 Å². The van der Waals surface area contributed by atoms with Crippen molar-refractivity contribution in [2.75, 3.05) is 0 Å². The van der Waals surface area contributed by atoms with E-state index in [2.05, 4.69) is 44.9 Å². The number of alkyl halides is 18. The van der Waals surface area contributed by atoms with Crippen LogP contribution < -0.4 is 0 Å². The fourth-order valence-electron chi connectivity index (χ4n) is 6.58. The lowest BCUT2D eigenvalue weighted by molar-refractivity contribution is -0.161. The van der Waals surface area contributed by atoms with E-state index in [-0.39, 0.29) is 36.4 Å². The molecule has 3 N–H and O–H groups in total. The molecule has 0 aliphatic carbocycles. The van der Waals surface area contributed by atoms with Crippen molar-refractivity contribution >= 4 is 33.1 Å². The van der Waals surface area contributed by atoms with Crippen LogP contribution in [-0.4, -0.2) is 44.9 Å². The number of nitrogens with one attached hydrogen (secondary N) is 3. The summed E-state index contributed by atoms with van der Waals surface area (Å²) >= 11 is 0. The molecule has 0 spiro atoms. The molecule has 4 aromatic heterocycles. The van der Waals surface area contributed by atoms with Crippen molar-refractivity contribution in [1.29, 1.82) is 15.8 Å². The molecular formula is C36H12F18N12. The highest BCUT2D eigenvalue weighted by molar-refractivity contribution is 5.80. The second kappa shape index (κ2) is 15.2. The Morgan fingerprint density at radius 3 is 0.712 bits per heavy atom. The monoisotopic (exact) mass is 954 g/mol. The molecule has 30 heteroatoms. The molecule has 0 aliphatic heterocycles. The maximum Gasteiger partial charge on any atom is 0.417 e. The lowest BCUT2D eigenvalue weighted by Crippen LogP contribution is -2.18. The number of aromatic nitrogens is 9. The molecule has 0 saturated carbocycles. The Morgan fingerprint density at radius 2 is 0.530 bits per heavy atom. The zero-order valence-corrected chi connectivity index (χ0v) is 31.0. The van der Waals surface area contributed by atoms with Gasteiger partial charge in [-0.05, 0) is 36.4 Å². The summed E-state index contributed by atoms with van der Waals surface area (Å²) in [6.07, 6.45) is -33.6. The molecule has 0 aliphatic rings. The van der Waals surface area contributed by atoms with E-state index in [1.165, 1.54) is 18.2 Å². The zero-order chi connectivity index (χ0) is 48.9. The Morgan fingerprint density at radius 1 is 0.333 bits per heavy atom. The molecule has 0 bridgehead atoms. The van der Waals surface area contributed by atoms with Gasteiger partial charge in [0.05, 0.1) is 84.7 Å².